The fourth-order valence-electron chi connectivity index (χ4n) is 1.27. The predicted octanol–water partition coefficient (Wildman–Crippen LogP) is -0.338. The average Bonchev–Trinajstić information content (AvgIpc) is 2.38. The first-order valence-electron chi connectivity index (χ1n) is 5.32. The van der Waals surface area contributed by atoms with Crippen molar-refractivity contribution < 1.29 is 13.2 Å². The fourth-order valence-corrected chi connectivity index (χ4v) is 2.48. The van der Waals surface area contributed by atoms with Gasteiger partial charge in [-0.1, -0.05) is 0 Å². The van der Waals surface area contributed by atoms with Crippen molar-refractivity contribution in [3.63, 3.8) is 0 Å². The van der Waals surface area contributed by atoms with Gasteiger partial charge in [0.2, 0.25) is 15.9 Å². The molecule has 1 amide bonds. The lowest BCUT2D eigenvalue weighted by atomic mass is 10.4. The van der Waals surface area contributed by atoms with Crippen molar-refractivity contribution in [3.05, 3.63) is 24.0 Å². The number of hydrogen-bond acceptors (Lipinski definition) is 5. The highest BCUT2D eigenvalue weighted by molar-refractivity contribution is 7.89. The molecule has 19 heavy (non-hydrogen) atoms. The smallest absolute Gasteiger partial charge is 0.246 e. The van der Waals surface area contributed by atoms with E-state index in [-0.39, 0.29) is 23.0 Å². The van der Waals surface area contributed by atoms with Gasteiger partial charge in [0.05, 0.1) is 6.54 Å². The van der Waals surface area contributed by atoms with Crippen molar-refractivity contribution >= 4 is 15.9 Å². The summed E-state index contributed by atoms with van der Waals surface area (Å²) in [4.78, 5) is 16.3. The van der Waals surface area contributed by atoms with E-state index in [0.29, 0.717) is 0 Å². The van der Waals surface area contributed by atoms with Crippen LogP contribution in [-0.4, -0.2) is 56.2 Å². The first-order chi connectivity index (χ1) is 8.80. The van der Waals surface area contributed by atoms with Crippen LogP contribution in [0.3, 0.4) is 0 Å². The molecule has 0 N–H and O–H groups in total. The second-order valence-corrected chi connectivity index (χ2v) is 6.02. The molecule has 0 aliphatic heterocycles. The highest BCUT2D eigenvalue weighted by Crippen LogP contribution is 2.16. The van der Waals surface area contributed by atoms with E-state index in [1.54, 1.807) is 6.07 Å². The van der Waals surface area contributed by atoms with Gasteiger partial charge in [-0.3, -0.25) is 4.79 Å². The van der Waals surface area contributed by atoms with Crippen LogP contribution in [0.15, 0.2) is 23.2 Å². The Bertz CT molecular complexity index is 619. The minimum Gasteiger partial charge on any atom is -0.348 e. The molecule has 0 unspecified atom stereocenters. The second-order valence-electron chi connectivity index (χ2n) is 4.01. The minimum absolute atomic E-state index is 0.188. The molecular weight excluding hydrogens is 268 g/mol. The average molecular weight is 282 g/mol. The molecule has 0 bridgehead atoms. The maximum absolute atomic E-state index is 12.2. The monoisotopic (exact) mass is 282 g/mol. The Morgan fingerprint density at radius 2 is 2.05 bits per heavy atom. The number of nitriles is 1. The van der Waals surface area contributed by atoms with Crippen LogP contribution < -0.4 is 0 Å². The SMILES string of the molecule is CN(C)C(=O)CN(C)S(=O)(=O)c1cccnc1C#N. The van der Waals surface area contributed by atoms with E-state index in [4.69, 9.17) is 5.26 Å². The van der Waals surface area contributed by atoms with Crippen molar-refractivity contribution in [1.82, 2.24) is 14.2 Å². The van der Waals surface area contributed by atoms with Crippen molar-refractivity contribution in [2.75, 3.05) is 27.7 Å². The van der Waals surface area contributed by atoms with Gasteiger partial charge < -0.3 is 4.90 Å². The van der Waals surface area contributed by atoms with E-state index in [0.717, 1.165) is 4.31 Å². The van der Waals surface area contributed by atoms with Crippen molar-refractivity contribution in [2.45, 2.75) is 4.90 Å². The third-order valence-corrected chi connectivity index (χ3v) is 4.26. The Morgan fingerprint density at radius 1 is 1.42 bits per heavy atom. The van der Waals surface area contributed by atoms with Gasteiger partial charge in [0, 0.05) is 27.3 Å². The number of hydrogen-bond donors (Lipinski definition) is 0. The number of aromatic nitrogens is 1. The number of pyridine rings is 1. The lowest BCUT2D eigenvalue weighted by Crippen LogP contribution is -2.38. The first-order valence-corrected chi connectivity index (χ1v) is 6.76. The van der Waals surface area contributed by atoms with Gasteiger partial charge in [-0.25, -0.2) is 13.4 Å². The van der Waals surface area contributed by atoms with E-state index < -0.39 is 10.0 Å². The van der Waals surface area contributed by atoms with Gasteiger partial charge in [0.15, 0.2) is 5.69 Å². The molecule has 1 aromatic heterocycles. The van der Waals surface area contributed by atoms with Gasteiger partial charge in [-0.05, 0) is 12.1 Å². The highest BCUT2D eigenvalue weighted by Gasteiger charge is 2.26. The molecule has 0 radical (unpaired) electrons. The van der Waals surface area contributed by atoms with Crippen LogP contribution in [0.2, 0.25) is 0 Å². The van der Waals surface area contributed by atoms with E-state index >= 15 is 0 Å². The normalized spacial score (nSPS) is 11.1. The summed E-state index contributed by atoms with van der Waals surface area (Å²) in [6.07, 6.45) is 1.34. The zero-order chi connectivity index (χ0) is 14.6. The van der Waals surface area contributed by atoms with Gasteiger partial charge in [0.1, 0.15) is 11.0 Å². The van der Waals surface area contributed by atoms with Gasteiger partial charge in [0.25, 0.3) is 0 Å². The second kappa shape index (κ2) is 5.77. The molecule has 0 atom stereocenters. The summed E-state index contributed by atoms with van der Waals surface area (Å²) >= 11 is 0. The standard InChI is InChI=1S/C11H14N4O3S/c1-14(2)11(16)8-15(3)19(17,18)10-5-4-6-13-9(10)7-12/h4-6H,8H2,1-3H3. The summed E-state index contributed by atoms with van der Waals surface area (Å²) in [7, 11) is 0.444. The van der Waals surface area contributed by atoms with Gasteiger partial charge in [-0.2, -0.15) is 9.57 Å². The Balaban J connectivity index is 3.11. The molecule has 0 aromatic carbocycles. The maximum Gasteiger partial charge on any atom is 0.246 e. The zero-order valence-electron chi connectivity index (χ0n) is 10.9. The topological polar surface area (TPSA) is 94.4 Å². The Labute approximate surface area is 112 Å². The summed E-state index contributed by atoms with van der Waals surface area (Å²) in [5.41, 5.74) is -0.188. The summed E-state index contributed by atoms with van der Waals surface area (Å²) in [6.45, 7) is -0.297. The van der Waals surface area contributed by atoms with Crippen LogP contribution in [0.4, 0.5) is 0 Å². The molecule has 1 aromatic rings. The number of amides is 1. The summed E-state index contributed by atoms with van der Waals surface area (Å²) in [6, 6.07) is 4.44. The number of likely N-dealkylation sites (N-methyl/N-ethyl adjacent to an activating group) is 2. The number of sulfonamides is 1. The number of nitrogens with zero attached hydrogens (tertiary/aromatic N) is 4. The first kappa shape index (κ1) is 15.1. The van der Waals surface area contributed by atoms with Crippen LogP contribution in [0.25, 0.3) is 0 Å². The molecule has 0 saturated heterocycles. The molecule has 7 nitrogen and oxygen atoms in total. The fraction of sp³-hybridized carbons (Fsp3) is 0.364. The molecular formula is C11H14N4O3S. The molecule has 8 heteroatoms. The molecule has 1 heterocycles. The van der Waals surface area contributed by atoms with Crippen LogP contribution in [0.5, 0.6) is 0 Å². The largest absolute Gasteiger partial charge is 0.348 e. The zero-order valence-corrected chi connectivity index (χ0v) is 11.7. The Kier molecular flexibility index (Phi) is 4.58. The molecule has 1 rings (SSSR count). The quantitative estimate of drug-likeness (QED) is 0.753. The highest BCUT2D eigenvalue weighted by atomic mass is 32.2. The van der Waals surface area contributed by atoms with Crippen LogP contribution in [0.1, 0.15) is 5.69 Å². The van der Waals surface area contributed by atoms with Gasteiger partial charge in [-0.15, -0.1) is 0 Å². The lowest BCUT2D eigenvalue weighted by Gasteiger charge is -2.19. The van der Waals surface area contributed by atoms with Gasteiger partial charge >= 0.3 is 0 Å². The van der Waals surface area contributed by atoms with Crippen LogP contribution in [0, 0.1) is 11.3 Å². The Hall–Kier alpha value is -1.98. The number of rotatable bonds is 4. The predicted molar refractivity (Wildman–Crippen MR) is 67.5 cm³/mol. The van der Waals surface area contributed by atoms with Crippen LogP contribution >= 0.6 is 0 Å². The minimum atomic E-state index is -3.91. The van der Waals surface area contributed by atoms with Crippen molar-refractivity contribution in [3.8, 4) is 6.07 Å². The lowest BCUT2D eigenvalue weighted by molar-refractivity contribution is -0.128. The number of carbonyl (C=O) groups excluding carboxylic acids is 1. The maximum atomic E-state index is 12.2. The number of carbonyl (C=O) groups is 1. The van der Waals surface area contributed by atoms with E-state index in [1.165, 1.54) is 44.4 Å². The molecule has 0 aliphatic rings. The molecule has 0 spiro atoms. The third kappa shape index (κ3) is 3.27. The van der Waals surface area contributed by atoms with E-state index in [9.17, 15) is 13.2 Å². The summed E-state index contributed by atoms with van der Waals surface area (Å²) in [5.74, 6) is -0.353. The van der Waals surface area contributed by atoms with E-state index in [2.05, 4.69) is 4.98 Å². The molecule has 0 fully saturated rings. The van der Waals surface area contributed by atoms with E-state index in [1.807, 2.05) is 0 Å². The van der Waals surface area contributed by atoms with Crippen molar-refractivity contribution in [2.24, 2.45) is 0 Å². The summed E-state index contributed by atoms with van der Waals surface area (Å²) < 4.78 is 25.4. The Morgan fingerprint density at radius 3 is 2.58 bits per heavy atom. The molecule has 0 aliphatic carbocycles. The third-order valence-electron chi connectivity index (χ3n) is 2.42. The summed E-state index contributed by atoms with van der Waals surface area (Å²) in [5, 5.41) is 8.86. The van der Waals surface area contributed by atoms with Crippen molar-refractivity contribution in [1.29, 1.82) is 5.26 Å². The van der Waals surface area contributed by atoms with Crippen LogP contribution in [-0.2, 0) is 14.8 Å². The molecule has 102 valence electrons. The molecule has 0 saturated carbocycles.